The molecule has 2 nitrogen and oxygen atoms in total. The second kappa shape index (κ2) is 4.64. The van der Waals surface area contributed by atoms with Crippen molar-refractivity contribution in [2.75, 3.05) is 0 Å². The molecule has 0 fully saturated rings. The molecule has 0 radical (unpaired) electrons. The van der Waals surface area contributed by atoms with Crippen LogP contribution in [0.1, 0.15) is 11.1 Å². The summed E-state index contributed by atoms with van der Waals surface area (Å²) >= 11 is 0. The molecule has 20 heavy (non-hydrogen) atoms. The van der Waals surface area contributed by atoms with Crippen LogP contribution < -0.4 is 5.56 Å². The number of hydrogen-bond donors (Lipinski definition) is 0. The zero-order valence-electron chi connectivity index (χ0n) is 12.0. The Morgan fingerprint density at radius 3 is 2.35 bits per heavy atom. The number of aromatic nitrogens is 1. The van der Waals surface area contributed by atoms with Crippen LogP contribution in [0.4, 0.5) is 0 Å². The predicted octanol–water partition coefficient (Wildman–Crippen LogP) is 3.82. The zero-order chi connectivity index (χ0) is 14.3. The summed E-state index contributed by atoms with van der Waals surface area (Å²) in [5.74, 6) is 0. The van der Waals surface area contributed by atoms with Gasteiger partial charge in [-0.1, -0.05) is 42.0 Å². The number of fused-ring (bicyclic) bond motifs is 1. The third kappa shape index (κ3) is 1.94. The first kappa shape index (κ1) is 12.7. The third-order valence-corrected chi connectivity index (χ3v) is 3.77. The molecule has 0 amide bonds. The van der Waals surface area contributed by atoms with Crippen molar-refractivity contribution in [2.24, 2.45) is 7.05 Å². The molecule has 0 atom stereocenters. The molecule has 100 valence electrons. The highest BCUT2D eigenvalue weighted by molar-refractivity contribution is 5.96. The van der Waals surface area contributed by atoms with Gasteiger partial charge in [0.25, 0.3) is 5.56 Å². The second-order valence-electron chi connectivity index (χ2n) is 5.32. The SMILES string of the molecule is Cc1ccc(C)c(-c2cn(C)c(=O)c3ccccc23)c1. The van der Waals surface area contributed by atoms with E-state index in [-0.39, 0.29) is 5.56 Å². The Hall–Kier alpha value is -2.35. The second-order valence-corrected chi connectivity index (χ2v) is 5.32. The van der Waals surface area contributed by atoms with Gasteiger partial charge >= 0.3 is 0 Å². The number of rotatable bonds is 1. The minimum absolute atomic E-state index is 0.0506. The molecule has 2 aromatic carbocycles. The fraction of sp³-hybridized carbons (Fsp3) is 0.167. The summed E-state index contributed by atoms with van der Waals surface area (Å²) < 4.78 is 1.67. The normalized spacial score (nSPS) is 10.9. The van der Waals surface area contributed by atoms with Crippen molar-refractivity contribution in [2.45, 2.75) is 13.8 Å². The molecule has 1 aromatic heterocycles. The van der Waals surface area contributed by atoms with Crippen LogP contribution in [0.5, 0.6) is 0 Å². The molecule has 3 aromatic rings. The summed E-state index contributed by atoms with van der Waals surface area (Å²) in [6, 6.07) is 14.2. The Labute approximate surface area is 118 Å². The molecule has 0 saturated heterocycles. The number of benzene rings is 2. The van der Waals surface area contributed by atoms with E-state index in [2.05, 4.69) is 32.0 Å². The van der Waals surface area contributed by atoms with Crippen molar-refractivity contribution < 1.29 is 0 Å². The van der Waals surface area contributed by atoms with Gasteiger partial charge in [-0.15, -0.1) is 0 Å². The Kier molecular flexibility index (Phi) is 2.94. The molecule has 0 N–H and O–H groups in total. The van der Waals surface area contributed by atoms with Crippen LogP contribution in [0.15, 0.2) is 53.5 Å². The summed E-state index contributed by atoms with van der Waals surface area (Å²) in [5.41, 5.74) is 4.80. The monoisotopic (exact) mass is 263 g/mol. The van der Waals surface area contributed by atoms with E-state index in [0.717, 1.165) is 16.3 Å². The van der Waals surface area contributed by atoms with Gasteiger partial charge in [-0.3, -0.25) is 4.79 Å². The zero-order valence-corrected chi connectivity index (χ0v) is 12.0. The molecule has 0 bridgehead atoms. The van der Waals surface area contributed by atoms with Gasteiger partial charge in [0.05, 0.1) is 0 Å². The van der Waals surface area contributed by atoms with Gasteiger partial charge in [0.2, 0.25) is 0 Å². The number of aryl methyl sites for hydroxylation is 3. The van der Waals surface area contributed by atoms with Crippen LogP contribution in [0, 0.1) is 13.8 Å². The lowest BCUT2D eigenvalue weighted by Crippen LogP contribution is -2.16. The van der Waals surface area contributed by atoms with E-state index < -0.39 is 0 Å². The molecule has 1 heterocycles. The van der Waals surface area contributed by atoms with Crippen molar-refractivity contribution in [3.63, 3.8) is 0 Å². The molecule has 0 aliphatic rings. The summed E-state index contributed by atoms with van der Waals surface area (Å²) in [6.45, 7) is 4.20. The number of nitrogens with zero attached hydrogens (tertiary/aromatic N) is 1. The van der Waals surface area contributed by atoms with Crippen LogP contribution >= 0.6 is 0 Å². The van der Waals surface area contributed by atoms with Gasteiger partial charge in [0, 0.05) is 24.2 Å². The smallest absolute Gasteiger partial charge is 0.258 e. The summed E-state index contributed by atoms with van der Waals surface area (Å²) in [7, 11) is 1.81. The van der Waals surface area contributed by atoms with Crippen LogP contribution in [0.2, 0.25) is 0 Å². The first-order chi connectivity index (χ1) is 9.58. The van der Waals surface area contributed by atoms with Crippen molar-refractivity contribution in [3.8, 4) is 11.1 Å². The lowest BCUT2D eigenvalue weighted by Gasteiger charge is -2.12. The molecule has 2 heteroatoms. The lowest BCUT2D eigenvalue weighted by molar-refractivity contribution is 0.874. The number of hydrogen-bond acceptors (Lipinski definition) is 1. The van der Waals surface area contributed by atoms with Crippen LogP contribution in [-0.2, 0) is 7.05 Å². The van der Waals surface area contributed by atoms with E-state index in [1.54, 1.807) is 4.57 Å². The van der Waals surface area contributed by atoms with Gasteiger partial charge in [0.1, 0.15) is 0 Å². The van der Waals surface area contributed by atoms with Crippen molar-refractivity contribution in [1.29, 1.82) is 0 Å². The van der Waals surface area contributed by atoms with Crippen LogP contribution in [0.3, 0.4) is 0 Å². The van der Waals surface area contributed by atoms with Crippen molar-refractivity contribution in [3.05, 3.63) is 70.1 Å². The quantitative estimate of drug-likeness (QED) is 0.654. The molecule has 0 aliphatic carbocycles. The third-order valence-electron chi connectivity index (χ3n) is 3.77. The number of pyridine rings is 1. The summed E-state index contributed by atoms with van der Waals surface area (Å²) in [4.78, 5) is 12.2. The van der Waals surface area contributed by atoms with E-state index >= 15 is 0 Å². The maximum absolute atomic E-state index is 12.2. The molecular formula is C18H17NO. The molecular weight excluding hydrogens is 246 g/mol. The average molecular weight is 263 g/mol. The summed E-state index contributed by atoms with van der Waals surface area (Å²) in [5, 5.41) is 1.79. The highest BCUT2D eigenvalue weighted by Gasteiger charge is 2.10. The minimum Gasteiger partial charge on any atom is -0.317 e. The molecule has 0 aliphatic heterocycles. The highest BCUT2D eigenvalue weighted by Crippen LogP contribution is 2.29. The molecule has 0 spiro atoms. The Morgan fingerprint density at radius 1 is 0.900 bits per heavy atom. The molecule has 0 saturated carbocycles. The molecule has 3 rings (SSSR count). The topological polar surface area (TPSA) is 22.0 Å². The van der Waals surface area contributed by atoms with Gasteiger partial charge < -0.3 is 4.57 Å². The highest BCUT2D eigenvalue weighted by atomic mass is 16.1. The fourth-order valence-electron chi connectivity index (χ4n) is 2.66. The molecule has 0 unspecified atom stereocenters. The van der Waals surface area contributed by atoms with E-state index in [4.69, 9.17) is 0 Å². The van der Waals surface area contributed by atoms with Crippen molar-refractivity contribution in [1.82, 2.24) is 4.57 Å². The van der Waals surface area contributed by atoms with Gasteiger partial charge in [0.15, 0.2) is 0 Å². The first-order valence-corrected chi connectivity index (χ1v) is 6.74. The summed E-state index contributed by atoms with van der Waals surface area (Å²) in [6.07, 6.45) is 1.94. The van der Waals surface area contributed by atoms with Crippen LogP contribution in [-0.4, -0.2) is 4.57 Å². The van der Waals surface area contributed by atoms with E-state index in [1.165, 1.54) is 16.7 Å². The lowest BCUT2D eigenvalue weighted by atomic mass is 9.95. The van der Waals surface area contributed by atoms with E-state index in [1.807, 2.05) is 37.5 Å². The van der Waals surface area contributed by atoms with E-state index in [9.17, 15) is 4.79 Å². The Morgan fingerprint density at radius 2 is 1.60 bits per heavy atom. The maximum Gasteiger partial charge on any atom is 0.258 e. The van der Waals surface area contributed by atoms with Crippen molar-refractivity contribution >= 4 is 10.8 Å². The van der Waals surface area contributed by atoms with Gasteiger partial charge in [-0.2, -0.15) is 0 Å². The first-order valence-electron chi connectivity index (χ1n) is 6.74. The fourth-order valence-corrected chi connectivity index (χ4v) is 2.66. The van der Waals surface area contributed by atoms with Gasteiger partial charge in [-0.25, -0.2) is 0 Å². The maximum atomic E-state index is 12.2. The van der Waals surface area contributed by atoms with E-state index in [0.29, 0.717) is 0 Å². The Bertz CT molecular complexity index is 859. The standard InChI is InChI=1S/C18H17NO/c1-12-8-9-13(2)16(10-12)17-11-19(3)18(20)15-7-5-4-6-14(15)17/h4-11H,1-3H3. The van der Waals surface area contributed by atoms with Gasteiger partial charge in [-0.05, 0) is 36.4 Å². The largest absolute Gasteiger partial charge is 0.317 e. The predicted molar refractivity (Wildman–Crippen MR) is 84.1 cm³/mol. The Balaban J connectivity index is 2.45. The minimum atomic E-state index is 0.0506. The van der Waals surface area contributed by atoms with Crippen LogP contribution in [0.25, 0.3) is 21.9 Å². The average Bonchev–Trinajstić information content (AvgIpc) is 2.46.